The molecule has 0 atom stereocenters. The molecule has 2 amide bonds. The molecule has 0 bridgehead atoms. The lowest BCUT2D eigenvalue weighted by Crippen LogP contribution is -2.14. The Hall–Kier alpha value is -3.71. The zero-order valence-corrected chi connectivity index (χ0v) is 17.2. The van der Waals surface area contributed by atoms with Crippen LogP contribution in [0, 0.1) is 13.8 Å². The number of hydrogen-bond acceptors (Lipinski definition) is 5. The van der Waals surface area contributed by atoms with Crippen molar-refractivity contribution in [1.29, 1.82) is 0 Å². The van der Waals surface area contributed by atoms with Crippen LogP contribution in [0.5, 0.6) is 0 Å². The lowest BCUT2D eigenvalue weighted by Gasteiger charge is -2.06. The van der Waals surface area contributed by atoms with Crippen molar-refractivity contribution in [1.82, 2.24) is 4.98 Å². The quantitative estimate of drug-likeness (QED) is 0.447. The SMILES string of the molecule is Cc1ccc(-c2nc(NC(=O)c3cccc(NC(=O)c4ccco4)c3)sc2C)cc1. The topological polar surface area (TPSA) is 84.2 Å². The van der Waals surface area contributed by atoms with E-state index in [1.54, 1.807) is 36.4 Å². The van der Waals surface area contributed by atoms with Crippen molar-refractivity contribution in [2.45, 2.75) is 13.8 Å². The number of benzene rings is 2. The lowest BCUT2D eigenvalue weighted by atomic mass is 10.1. The van der Waals surface area contributed by atoms with Gasteiger partial charge in [-0.15, -0.1) is 11.3 Å². The van der Waals surface area contributed by atoms with Gasteiger partial charge < -0.3 is 9.73 Å². The van der Waals surface area contributed by atoms with Crippen LogP contribution in [0.25, 0.3) is 11.3 Å². The minimum Gasteiger partial charge on any atom is -0.459 e. The minimum absolute atomic E-state index is 0.201. The number of carbonyl (C=O) groups is 2. The summed E-state index contributed by atoms with van der Waals surface area (Å²) in [6, 6.07) is 18.0. The highest BCUT2D eigenvalue weighted by molar-refractivity contribution is 7.16. The third-order valence-electron chi connectivity index (χ3n) is 4.47. The maximum absolute atomic E-state index is 12.7. The number of anilines is 2. The molecule has 2 N–H and O–H groups in total. The second-order valence-corrected chi connectivity index (χ2v) is 7.96. The number of rotatable bonds is 5. The van der Waals surface area contributed by atoms with Crippen molar-refractivity contribution in [3.8, 4) is 11.3 Å². The molecule has 2 aromatic heterocycles. The van der Waals surface area contributed by atoms with Gasteiger partial charge in [-0.2, -0.15) is 0 Å². The Bertz CT molecular complexity index is 1190. The molecule has 0 aliphatic rings. The Balaban J connectivity index is 1.48. The average molecular weight is 417 g/mol. The van der Waals surface area contributed by atoms with E-state index < -0.39 is 0 Å². The highest BCUT2D eigenvalue weighted by Crippen LogP contribution is 2.30. The highest BCUT2D eigenvalue weighted by atomic mass is 32.1. The third-order valence-corrected chi connectivity index (χ3v) is 5.36. The first-order valence-electron chi connectivity index (χ1n) is 9.30. The zero-order chi connectivity index (χ0) is 21.1. The number of aryl methyl sites for hydroxylation is 2. The predicted molar refractivity (Wildman–Crippen MR) is 118 cm³/mol. The van der Waals surface area contributed by atoms with Crippen molar-refractivity contribution in [2.75, 3.05) is 10.6 Å². The van der Waals surface area contributed by atoms with E-state index in [1.165, 1.54) is 23.2 Å². The first kappa shape index (κ1) is 19.6. The Kier molecular flexibility index (Phi) is 5.45. The molecule has 0 radical (unpaired) electrons. The van der Waals surface area contributed by atoms with Gasteiger partial charge in [0.1, 0.15) is 0 Å². The Morgan fingerprint density at radius 2 is 1.73 bits per heavy atom. The molecule has 4 rings (SSSR count). The van der Waals surface area contributed by atoms with Crippen LogP contribution in [-0.2, 0) is 0 Å². The molecular formula is C23H19N3O3S. The van der Waals surface area contributed by atoms with Gasteiger partial charge >= 0.3 is 0 Å². The molecule has 2 aromatic carbocycles. The number of furan rings is 1. The van der Waals surface area contributed by atoms with Gasteiger partial charge in [0.2, 0.25) is 0 Å². The normalized spacial score (nSPS) is 10.6. The smallest absolute Gasteiger partial charge is 0.291 e. The van der Waals surface area contributed by atoms with Crippen molar-refractivity contribution < 1.29 is 14.0 Å². The Morgan fingerprint density at radius 1 is 0.933 bits per heavy atom. The molecule has 2 heterocycles. The van der Waals surface area contributed by atoms with E-state index in [9.17, 15) is 9.59 Å². The average Bonchev–Trinajstić information content (AvgIpc) is 3.39. The molecule has 0 aliphatic heterocycles. The van der Waals surface area contributed by atoms with Crippen LogP contribution < -0.4 is 10.6 Å². The highest BCUT2D eigenvalue weighted by Gasteiger charge is 2.14. The van der Waals surface area contributed by atoms with Crippen LogP contribution in [0.3, 0.4) is 0 Å². The van der Waals surface area contributed by atoms with Gasteiger partial charge in [-0.05, 0) is 44.2 Å². The molecule has 30 heavy (non-hydrogen) atoms. The van der Waals surface area contributed by atoms with E-state index in [1.807, 2.05) is 38.1 Å². The Labute approximate surface area is 177 Å². The number of carbonyl (C=O) groups excluding carboxylic acids is 2. The second kappa shape index (κ2) is 8.34. The largest absolute Gasteiger partial charge is 0.459 e. The van der Waals surface area contributed by atoms with Gasteiger partial charge in [0.15, 0.2) is 10.9 Å². The minimum atomic E-state index is -0.379. The van der Waals surface area contributed by atoms with E-state index in [4.69, 9.17) is 4.42 Å². The summed E-state index contributed by atoms with van der Waals surface area (Å²) in [7, 11) is 0. The lowest BCUT2D eigenvalue weighted by molar-refractivity contribution is 0.0993. The number of nitrogens with zero attached hydrogens (tertiary/aromatic N) is 1. The molecule has 4 aromatic rings. The monoisotopic (exact) mass is 417 g/mol. The van der Waals surface area contributed by atoms with Gasteiger partial charge in [0.25, 0.3) is 11.8 Å². The molecular weight excluding hydrogens is 398 g/mol. The fourth-order valence-electron chi connectivity index (χ4n) is 2.94. The number of amides is 2. The molecule has 0 fully saturated rings. The fraction of sp³-hybridized carbons (Fsp3) is 0.0870. The molecule has 150 valence electrons. The molecule has 0 spiro atoms. The summed E-state index contributed by atoms with van der Waals surface area (Å²) in [6.07, 6.45) is 1.43. The van der Waals surface area contributed by atoms with E-state index in [2.05, 4.69) is 15.6 Å². The predicted octanol–water partition coefficient (Wildman–Crippen LogP) is 5.52. The molecule has 0 unspecified atom stereocenters. The van der Waals surface area contributed by atoms with Crippen LogP contribution in [0.15, 0.2) is 71.3 Å². The van der Waals surface area contributed by atoms with Gasteiger partial charge in [0, 0.05) is 21.7 Å². The molecule has 0 saturated carbocycles. The van der Waals surface area contributed by atoms with E-state index in [-0.39, 0.29) is 17.6 Å². The van der Waals surface area contributed by atoms with Crippen LogP contribution in [-0.4, -0.2) is 16.8 Å². The van der Waals surface area contributed by atoms with Gasteiger partial charge in [0.05, 0.1) is 12.0 Å². The maximum Gasteiger partial charge on any atom is 0.291 e. The first-order valence-corrected chi connectivity index (χ1v) is 10.1. The standard InChI is InChI=1S/C23H19N3O3S/c1-14-8-10-16(11-9-14)20-15(2)30-23(25-20)26-21(27)17-5-3-6-18(13-17)24-22(28)19-7-4-12-29-19/h3-13H,1-2H3,(H,24,28)(H,25,26,27). The van der Waals surface area contributed by atoms with Crippen LogP contribution in [0.2, 0.25) is 0 Å². The molecule has 7 heteroatoms. The number of nitrogens with one attached hydrogen (secondary N) is 2. The van der Waals surface area contributed by atoms with E-state index >= 15 is 0 Å². The summed E-state index contributed by atoms with van der Waals surface area (Å²) in [5.41, 5.74) is 3.96. The van der Waals surface area contributed by atoms with Crippen molar-refractivity contribution >= 4 is 34.0 Å². The first-order chi connectivity index (χ1) is 14.5. The van der Waals surface area contributed by atoms with Crippen LogP contribution in [0.4, 0.5) is 10.8 Å². The summed E-state index contributed by atoms with van der Waals surface area (Å²) in [5.74, 6) is -0.476. The third kappa shape index (κ3) is 4.31. The van der Waals surface area contributed by atoms with Gasteiger partial charge in [-0.3, -0.25) is 14.9 Å². The Morgan fingerprint density at radius 3 is 2.47 bits per heavy atom. The van der Waals surface area contributed by atoms with E-state index in [0.717, 1.165) is 16.1 Å². The number of aromatic nitrogens is 1. The van der Waals surface area contributed by atoms with Gasteiger partial charge in [-0.1, -0.05) is 35.9 Å². The van der Waals surface area contributed by atoms with Crippen LogP contribution in [0.1, 0.15) is 31.4 Å². The summed E-state index contributed by atoms with van der Waals surface area (Å²) < 4.78 is 5.08. The van der Waals surface area contributed by atoms with Gasteiger partial charge in [-0.25, -0.2) is 4.98 Å². The molecule has 0 saturated heterocycles. The summed E-state index contributed by atoms with van der Waals surface area (Å²) in [6.45, 7) is 4.02. The molecule has 6 nitrogen and oxygen atoms in total. The van der Waals surface area contributed by atoms with Crippen molar-refractivity contribution in [2.24, 2.45) is 0 Å². The van der Waals surface area contributed by atoms with Crippen LogP contribution >= 0.6 is 11.3 Å². The van der Waals surface area contributed by atoms with E-state index in [0.29, 0.717) is 16.4 Å². The molecule has 0 aliphatic carbocycles. The summed E-state index contributed by atoms with van der Waals surface area (Å²) >= 11 is 1.42. The summed E-state index contributed by atoms with van der Waals surface area (Å²) in [5, 5.41) is 6.09. The number of hydrogen-bond donors (Lipinski definition) is 2. The van der Waals surface area contributed by atoms with Crippen molar-refractivity contribution in [3.63, 3.8) is 0 Å². The maximum atomic E-state index is 12.7. The fourth-order valence-corrected chi connectivity index (χ4v) is 3.77. The number of thiazole rings is 1. The zero-order valence-electron chi connectivity index (χ0n) is 16.4. The summed E-state index contributed by atoms with van der Waals surface area (Å²) in [4.78, 5) is 30.4. The second-order valence-electron chi connectivity index (χ2n) is 6.76. The van der Waals surface area contributed by atoms with Crippen molar-refractivity contribution in [3.05, 3.63) is 88.7 Å².